The normalized spacial score (nSPS) is 22.9. The van der Waals surface area contributed by atoms with Gasteiger partial charge in [0.1, 0.15) is 18.0 Å². The number of imidazole rings is 1. The molecule has 40 heavy (non-hydrogen) atoms. The second kappa shape index (κ2) is 11.1. The lowest BCUT2D eigenvalue weighted by Crippen LogP contribution is -2.58. The van der Waals surface area contributed by atoms with Crippen LogP contribution < -0.4 is 0 Å². The summed E-state index contributed by atoms with van der Waals surface area (Å²) in [5.41, 5.74) is 1.62. The van der Waals surface area contributed by atoms with Crippen molar-refractivity contribution in [1.82, 2.24) is 14.5 Å². The van der Waals surface area contributed by atoms with Crippen LogP contribution in [0.3, 0.4) is 0 Å². The lowest BCUT2D eigenvalue weighted by atomic mass is 9.89. The fraction of sp³-hybridized carbons (Fsp3) is 0.467. The Morgan fingerprint density at radius 3 is 2.33 bits per heavy atom. The number of ether oxygens (including phenoxy) is 1. The van der Waals surface area contributed by atoms with E-state index in [1.807, 2.05) is 53.0 Å². The predicted molar refractivity (Wildman–Crippen MR) is 157 cm³/mol. The number of carbonyl (C=O) groups is 1. The molecule has 7 nitrogen and oxygen atoms in total. The summed E-state index contributed by atoms with van der Waals surface area (Å²) in [5, 5.41) is 1.12. The van der Waals surface area contributed by atoms with Gasteiger partial charge in [0, 0.05) is 41.9 Å². The molecule has 1 saturated carbocycles. The van der Waals surface area contributed by atoms with Crippen LogP contribution in [0.2, 0.25) is 10.0 Å². The standard InChI is InChI=1S/C30H35Cl2N3O4S/c1-30(2,3)40(37,38)18-24(19-8-9-19)35-27(20-10-12-22(31)13-11-20)28(21-6-5-7-23(32)16-21)39-25(29(35)36)17-26-33-14-15-34(26)4/h5-7,10-16,19,24-25,27-28H,8-9,17-18H2,1-4H3/t24-,25-,27-,28-/m1/s1. The molecule has 1 amide bonds. The van der Waals surface area contributed by atoms with Gasteiger partial charge >= 0.3 is 0 Å². The number of benzene rings is 2. The highest BCUT2D eigenvalue weighted by molar-refractivity contribution is 7.92. The Morgan fingerprint density at radius 2 is 1.75 bits per heavy atom. The molecule has 2 aromatic carbocycles. The van der Waals surface area contributed by atoms with E-state index >= 15 is 0 Å². The third kappa shape index (κ3) is 5.96. The average Bonchev–Trinajstić information content (AvgIpc) is 3.65. The van der Waals surface area contributed by atoms with E-state index in [-0.39, 0.29) is 24.0 Å². The zero-order valence-corrected chi connectivity index (χ0v) is 25.5. The third-order valence-corrected chi connectivity index (χ3v) is 11.1. The Morgan fingerprint density at radius 1 is 1.05 bits per heavy atom. The van der Waals surface area contributed by atoms with E-state index < -0.39 is 38.9 Å². The number of morpholine rings is 1. The van der Waals surface area contributed by atoms with E-state index in [2.05, 4.69) is 4.98 Å². The van der Waals surface area contributed by atoms with Crippen LogP contribution in [0.15, 0.2) is 60.9 Å². The first-order valence-corrected chi connectivity index (χ1v) is 15.9. The maximum absolute atomic E-state index is 14.5. The number of halogens is 2. The Hall–Kier alpha value is -2.39. The van der Waals surface area contributed by atoms with Crippen LogP contribution in [0, 0.1) is 5.92 Å². The second-order valence-electron chi connectivity index (χ2n) is 11.8. The molecule has 2 heterocycles. The van der Waals surface area contributed by atoms with Crippen molar-refractivity contribution in [2.45, 2.75) is 69.1 Å². The number of hydrogen-bond donors (Lipinski definition) is 0. The Kier molecular flexibility index (Phi) is 8.09. The quantitative estimate of drug-likeness (QED) is 0.317. The molecule has 0 spiro atoms. The Labute approximate surface area is 246 Å². The molecule has 0 N–H and O–H groups in total. The first-order valence-electron chi connectivity index (χ1n) is 13.5. The van der Waals surface area contributed by atoms with Gasteiger partial charge in [-0.2, -0.15) is 0 Å². The van der Waals surface area contributed by atoms with Gasteiger partial charge in [0.15, 0.2) is 9.84 Å². The van der Waals surface area contributed by atoms with Crippen molar-refractivity contribution in [1.29, 1.82) is 0 Å². The van der Waals surface area contributed by atoms with Crippen molar-refractivity contribution < 1.29 is 17.9 Å². The van der Waals surface area contributed by atoms with E-state index in [4.69, 9.17) is 27.9 Å². The number of nitrogens with zero attached hydrogens (tertiary/aromatic N) is 3. The summed E-state index contributed by atoms with van der Waals surface area (Å²) in [4.78, 5) is 20.7. The van der Waals surface area contributed by atoms with Gasteiger partial charge in [0.05, 0.1) is 16.5 Å². The van der Waals surface area contributed by atoms with Crippen LogP contribution in [0.4, 0.5) is 0 Å². The highest BCUT2D eigenvalue weighted by Crippen LogP contribution is 2.48. The van der Waals surface area contributed by atoms with Gasteiger partial charge in [0.2, 0.25) is 0 Å². The molecule has 2 fully saturated rings. The van der Waals surface area contributed by atoms with Gasteiger partial charge in [-0.25, -0.2) is 13.4 Å². The average molecular weight is 605 g/mol. The predicted octanol–water partition coefficient (Wildman–Crippen LogP) is 5.97. The van der Waals surface area contributed by atoms with E-state index in [0.717, 1.165) is 24.0 Å². The fourth-order valence-corrected chi connectivity index (χ4v) is 7.07. The van der Waals surface area contributed by atoms with Crippen molar-refractivity contribution in [3.05, 3.63) is 87.9 Å². The monoisotopic (exact) mass is 603 g/mol. The maximum atomic E-state index is 14.5. The minimum atomic E-state index is -3.54. The van der Waals surface area contributed by atoms with Crippen LogP contribution in [-0.4, -0.2) is 51.4 Å². The first kappa shape index (κ1) is 29.1. The van der Waals surface area contributed by atoms with Gasteiger partial charge in [0.25, 0.3) is 5.91 Å². The van der Waals surface area contributed by atoms with Gasteiger partial charge in [-0.3, -0.25) is 4.79 Å². The summed E-state index contributed by atoms with van der Waals surface area (Å²) in [7, 11) is -1.67. The van der Waals surface area contributed by atoms with Crippen molar-refractivity contribution in [3.63, 3.8) is 0 Å². The Bertz CT molecular complexity index is 1480. The number of sulfone groups is 1. The van der Waals surface area contributed by atoms with Crippen LogP contribution in [0.25, 0.3) is 0 Å². The molecular weight excluding hydrogens is 569 g/mol. The summed E-state index contributed by atoms with van der Waals surface area (Å²) >= 11 is 12.7. The molecule has 1 aromatic heterocycles. The number of hydrogen-bond acceptors (Lipinski definition) is 5. The molecule has 4 atom stereocenters. The molecule has 0 unspecified atom stereocenters. The van der Waals surface area contributed by atoms with E-state index in [0.29, 0.717) is 15.9 Å². The third-order valence-electron chi connectivity index (χ3n) is 7.95. The number of rotatable bonds is 8. The van der Waals surface area contributed by atoms with E-state index in [1.165, 1.54) is 0 Å². The van der Waals surface area contributed by atoms with Crippen molar-refractivity contribution in [2.24, 2.45) is 13.0 Å². The molecule has 1 saturated heterocycles. The molecule has 10 heteroatoms. The minimum Gasteiger partial charge on any atom is -0.357 e. The van der Waals surface area contributed by atoms with Gasteiger partial charge in [-0.15, -0.1) is 0 Å². The van der Waals surface area contributed by atoms with E-state index in [9.17, 15) is 13.2 Å². The molecule has 1 aliphatic heterocycles. The van der Waals surface area contributed by atoms with Crippen LogP contribution in [-0.2, 0) is 32.8 Å². The lowest BCUT2D eigenvalue weighted by Gasteiger charge is -2.48. The molecule has 0 bridgehead atoms. The summed E-state index contributed by atoms with van der Waals surface area (Å²) in [6.45, 7) is 5.13. The molecule has 5 rings (SSSR count). The molecule has 0 radical (unpaired) electrons. The van der Waals surface area contributed by atoms with Crippen LogP contribution >= 0.6 is 23.2 Å². The summed E-state index contributed by atoms with van der Waals surface area (Å²) < 4.78 is 34.8. The highest BCUT2D eigenvalue weighted by atomic mass is 35.5. The van der Waals surface area contributed by atoms with Crippen molar-refractivity contribution in [3.8, 4) is 0 Å². The smallest absolute Gasteiger partial charge is 0.253 e. The topological polar surface area (TPSA) is 81.5 Å². The van der Waals surface area contributed by atoms with Gasteiger partial charge in [-0.05, 0) is 74.9 Å². The van der Waals surface area contributed by atoms with Crippen LogP contribution in [0.5, 0.6) is 0 Å². The lowest BCUT2D eigenvalue weighted by molar-refractivity contribution is -0.179. The number of aryl methyl sites for hydroxylation is 1. The molecule has 3 aromatic rings. The van der Waals surface area contributed by atoms with Crippen molar-refractivity contribution >= 4 is 38.9 Å². The zero-order valence-electron chi connectivity index (χ0n) is 23.1. The zero-order chi connectivity index (χ0) is 28.8. The largest absolute Gasteiger partial charge is 0.357 e. The summed E-state index contributed by atoms with van der Waals surface area (Å²) in [6.07, 6.45) is 4.06. The summed E-state index contributed by atoms with van der Waals surface area (Å²) in [6, 6.07) is 13.7. The molecular formula is C30H35Cl2N3O4S. The fourth-order valence-electron chi connectivity index (χ4n) is 5.36. The van der Waals surface area contributed by atoms with E-state index in [1.54, 1.807) is 45.2 Å². The Balaban J connectivity index is 1.67. The van der Waals surface area contributed by atoms with Gasteiger partial charge in [-0.1, -0.05) is 47.5 Å². The first-order chi connectivity index (χ1) is 18.9. The SMILES string of the molecule is Cn1ccnc1C[C@H]1O[C@H](c2cccc(Cl)c2)[C@@H](c2ccc(Cl)cc2)N([C@H](CS(=O)(=O)C(C)(C)C)C2CC2)C1=O. The van der Waals surface area contributed by atoms with Crippen molar-refractivity contribution in [2.75, 3.05) is 5.75 Å². The number of amides is 1. The molecule has 1 aliphatic carbocycles. The van der Waals surface area contributed by atoms with Gasteiger partial charge < -0.3 is 14.2 Å². The van der Waals surface area contributed by atoms with Crippen LogP contribution in [0.1, 0.15) is 62.7 Å². The molecule has 2 aliphatic rings. The molecule has 214 valence electrons. The minimum absolute atomic E-state index is 0.0859. The highest BCUT2D eigenvalue weighted by Gasteiger charge is 2.52. The maximum Gasteiger partial charge on any atom is 0.253 e. The second-order valence-corrected chi connectivity index (χ2v) is 15.5. The summed E-state index contributed by atoms with van der Waals surface area (Å²) in [5.74, 6) is 0.442. The number of carbonyl (C=O) groups excluding carboxylic acids is 1. The number of aromatic nitrogens is 2.